The summed E-state index contributed by atoms with van der Waals surface area (Å²) in [6.07, 6.45) is 0. The van der Waals surface area contributed by atoms with Crippen molar-refractivity contribution < 1.29 is 21.6 Å². The summed E-state index contributed by atoms with van der Waals surface area (Å²) in [4.78, 5) is 12.9. The van der Waals surface area contributed by atoms with Crippen molar-refractivity contribution in [1.82, 2.24) is 4.31 Å². The molecule has 0 atom stereocenters. The van der Waals surface area contributed by atoms with Gasteiger partial charge in [0.2, 0.25) is 10.0 Å². The van der Waals surface area contributed by atoms with Crippen LogP contribution >= 0.6 is 0 Å². The number of sulfonamides is 2. The van der Waals surface area contributed by atoms with Crippen LogP contribution in [0.5, 0.6) is 0 Å². The number of Topliss-reactive ketones (excluding diaryl/α,β-unsaturated/α-hetero) is 1. The highest BCUT2D eigenvalue weighted by atomic mass is 32.2. The molecular formula is C26H31N3O5S2. The number of benzene rings is 3. The lowest BCUT2D eigenvalue weighted by molar-refractivity contribution is 0.101. The number of nitrogens with zero attached hydrogens (tertiary/aromatic N) is 2. The molecule has 0 aliphatic carbocycles. The Labute approximate surface area is 213 Å². The summed E-state index contributed by atoms with van der Waals surface area (Å²) >= 11 is 0. The Bertz CT molecular complexity index is 1370. The molecule has 0 spiro atoms. The summed E-state index contributed by atoms with van der Waals surface area (Å²) in [6, 6.07) is 21.0. The van der Waals surface area contributed by atoms with Crippen LogP contribution in [0.2, 0.25) is 0 Å². The number of carbonyl (C=O) groups is 1. The monoisotopic (exact) mass is 529 g/mol. The fraction of sp³-hybridized carbons (Fsp3) is 0.269. The number of hydrogen-bond donors (Lipinski definition) is 1. The maximum atomic E-state index is 13.1. The Balaban J connectivity index is 1.67. The Morgan fingerprint density at radius 3 is 1.75 bits per heavy atom. The van der Waals surface area contributed by atoms with Crippen molar-refractivity contribution >= 4 is 37.2 Å². The molecule has 0 saturated carbocycles. The summed E-state index contributed by atoms with van der Waals surface area (Å²) in [7, 11) is -7.32. The Morgan fingerprint density at radius 1 is 0.694 bits per heavy atom. The van der Waals surface area contributed by atoms with Crippen molar-refractivity contribution in [2.45, 2.75) is 30.6 Å². The molecule has 0 heterocycles. The molecule has 3 aromatic carbocycles. The minimum absolute atomic E-state index is 0.0284. The number of anilines is 2. The second-order valence-electron chi connectivity index (χ2n) is 7.92. The lowest BCUT2D eigenvalue weighted by atomic mass is 10.1. The highest BCUT2D eigenvalue weighted by Gasteiger charge is 2.24. The average molecular weight is 530 g/mol. The van der Waals surface area contributed by atoms with Crippen molar-refractivity contribution in [3.05, 3.63) is 84.4 Å². The first kappa shape index (κ1) is 27.4. The van der Waals surface area contributed by atoms with E-state index in [4.69, 9.17) is 0 Å². The van der Waals surface area contributed by atoms with Crippen molar-refractivity contribution in [3.8, 4) is 0 Å². The molecule has 0 aromatic heterocycles. The maximum absolute atomic E-state index is 13.1. The molecule has 1 N–H and O–H groups in total. The van der Waals surface area contributed by atoms with Crippen LogP contribution in [0, 0.1) is 0 Å². The smallest absolute Gasteiger partial charge is 0.264 e. The summed E-state index contributed by atoms with van der Waals surface area (Å²) in [6.45, 7) is 6.32. The van der Waals surface area contributed by atoms with Gasteiger partial charge in [-0.3, -0.25) is 9.10 Å². The van der Waals surface area contributed by atoms with Gasteiger partial charge in [-0.2, -0.15) is 4.31 Å². The molecule has 0 unspecified atom stereocenters. The predicted molar refractivity (Wildman–Crippen MR) is 142 cm³/mol. The van der Waals surface area contributed by atoms with E-state index in [-0.39, 0.29) is 28.7 Å². The van der Waals surface area contributed by atoms with E-state index < -0.39 is 20.0 Å². The summed E-state index contributed by atoms with van der Waals surface area (Å²) in [5, 5.41) is 2.99. The molecule has 3 rings (SSSR count). The van der Waals surface area contributed by atoms with Gasteiger partial charge < -0.3 is 5.32 Å². The standard InChI is InChI=1S/C26H31N3O5S2/c1-4-28(5-2)35(31,32)24-16-12-21(13-17-24)26(30)20-27-22-14-18-25(19-15-22)36(33,34)29(6-3)23-10-8-7-9-11-23/h7-19,27H,4-6,20H2,1-3H3. The summed E-state index contributed by atoms with van der Waals surface area (Å²) in [5.41, 5.74) is 1.55. The number of nitrogens with one attached hydrogen (secondary N) is 1. The lowest BCUT2D eigenvalue weighted by Gasteiger charge is -2.23. The molecule has 0 fully saturated rings. The first-order valence-corrected chi connectivity index (χ1v) is 14.6. The highest BCUT2D eigenvalue weighted by molar-refractivity contribution is 7.92. The van der Waals surface area contributed by atoms with Crippen LogP contribution in [0.3, 0.4) is 0 Å². The van der Waals surface area contributed by atoms with E-state index in [1.54, 1.807) is 57.2 Å². The number of carbonyl (C=O) groups excluding carboxylic acids is 1. The van der Waals surface area contributed by atoms with Gasteiger partial charge in [0.15, 0.2) is 5.78 Å². The van der Waals surface area contributed by atoms with Crippen molar-refractivity contribution in [2.24, 2.45) is 0 Å². The van der Waals surface area contributed by atoms with Gasteiger partial charge in [-0.1, -0.05) is 32.0 Å². The average Bonchev–Trinajstić information content (AvgIpc) is 2.89. The molecule has 0 aliphatic rings. The van der Waals surface area contributed by atoms with Gasteiger partial charge in [-0.05, 0) is 67.6 Å². The number of ketones is 1. The molecule has 8 nitrogen and oxygen atoms in total. The van der Waals surface area contributed by atoms with Crippen molar-refractivity contribution in [2.75, 3.05) is 35.8 Å². The van der Waals surface area contributed by atoms with Gasteiger partial charge >= 0.3 is 0 Å². The third-order valence-corrected chi connectivity index (χ3v) is 9.73. The maximum Gasteiger partial charge on any atom is 0.264 e. The van der Waals surface area contributed by atoms with E-state index in [9.17, 15) is 21.6 Å². The fourth-order valence-corrected chi connectivity index (χ4v) is 6.70. The zero-order chi connectivity index (χ0) is 26.3. The molecule has 3 aromatic rings. The van der Waals surface area contributed by atoms with Crippen LogP contribution in [0.25, 0.3) is 0 Å². The van der Waals surface area contributed by atoms with Crippen LogP contribution in [0.15, 0.2) is 88.7 Å². The first-order chi connectivity index (χ1) is 17.1. The first-order valence-electron chi connectivity index (χ1n) is 11.7. The van der Waals surface area contributed by atoms with Gasteiger partial charge in [0.05, 0.1) is 22.0 Å². The minimum atomic E-state index is -3.74. The molecular weight excluding hydrogens is 498 g/mol. The molecule has 0 saturated heterocycles. The Morgan fingerprint density at radius 2 is 1.22 bits per heavy atom. The fourth-order valence-electron chi connectivity index (χ4n) is 3.77. The van der Waals surface area contributed by atoms with E-state index in [2.05, 4.69) is 5.32 Å². The molecule has 0 aliphatic heterocycles. The van der Waals surface area contributed by atoms with Crippen LogP contribution < -0.4 is 9.62 Å². The Kier molecular flexibility index (Phi) is 8.89. The lowest BCUT2D eigenvalue weighted by Crippen LogP contribution is -2.30. The van der Waals surface area contributed by atoms with Crippen LogP contribution in [0.1, 0.15) is 31.1 Å². The van der Waals surface area contributed by atoms with E-state index >= 15 is 0 Å². The van der Waals surface area contributed by atoms with Crippen LogP contribution in [-0.4, -0.2) is 53.1 Å². The second kappa shape index (κ2) is 11.7. The topological polar surface area (TPSA) is 104 Å². The number of para-hydroxylation sites is 1. The normalized spacial score (nSPS) is 11.9. The zero-order valence-corrected chi connectivity index (χ0v) is 22.2. The van der Waals surface area contributed by atoms with Gasteiger partial charge in [0.25, 0.3) is 10.0 Å². The van der Waals surface area contributed by atoms with Gasteiger partial charge in [-0.15, -0.1) is 0 Å². The van der Waals surface area contributed by atoms with Crippen molar-refractivity contribution in [1.29, 1.82) is 0 Å². The highest BCUT2D eigenvalue weighted by Crippen LogP contribution is 2.24. The van der Waals surface area contributed by atoms with Crippen LogP contribution in [0.4, 0.5) is 11.4 Å². The van der Waals surface area contributed by atoms with Gasteiger partial charge in [0.1, 0.15) is 0 Å². The van der Waals surface area contributed by atoms with Gasteiger partial charge in [-0.25, -0.2) is 16.8 Å². The minimum Gasteiger partial charge on any atom is -0.378 e. The molecule has 0 radical (unpaired) electrons. The Hall–Kier alpha value is -3.21. The van der Waals surface area contributed by atoms with Gasteiger partial charge in [0, 0.05) is 30.9 Å². The van der Waals surface area contributed by atoms with Crippen molar-refractivity contribution in [3.63, 3.8) is 0 Å². The van der Waals surface area contributed by atoms with E-state index in [0.717, 1.165) is 0 Å². The second-order valence-corrected chi connectivity index (χ2v) is 11.7. The third-order valence-electron chi connectivity index (χ3n) is 5.75. The number of hydrogen-bond acceptors (Lipinski definition) is 6. The van der Waals surface area contributed by atoms with Crippen LogP contribution in [-0.2, 0) is 20.0 Å². The molecule has 36 heavy (non-hydrogen) atoms. The SMILES string of the molecule is CCN(CC)S(=O)(=O)c1ccc(C(=O)CNc2ccc(S(=O)(=O)N(CC)c3ccccc3)cc2)cc1. The molecule has 0 amide bonds. The molecule has 0 bridgehead atoms. The number of rotatable bonds is 12. The summed E-state index contributed by atoms with van der Waals surface area (Å²) in [5.74, 6) is -0.222. The van der Waals surface area contributed by atoms with E-state index in [1.807, 2.05) is 6.07 Å². The van der Waals surface area contributed by atoms with E-state index in [0.29, 0.717) is 30.0 Å². The predicted octanol–water partition coefficient (Wildman–Crippen LogP) is 4.23. The quantitative estimate of drug-likeness (QED) is 0.352. The molecule has 192 valence electrons. The zero-order valence-electron chi connectivity index (χ0n) is 20.6. The molecule has 10 heteroatoms. The summed E-state index contributed by atoms with van der Waals surface area (Å²) < 4.78 is 54.1. The van der Waals surface area contributed by atoms with E-state index in [1.165, 1.54) is 45.0 Å². The third kappa shape index (κ3) is 5.95. The largest absolute Gasteiger partial charge is 0.378 e.